The molecule has 26 heavy (non-hydrogen) atoms. The van der Waals surface area contributed by atoms with E-state index in [0.29, 0.717) is 17.8 Å². The summed E-state index contributed by atoms with van der Waals surface area (Å²) in [6.07, 6.45) is -2.32. The number of pyridine rings is 1. The molecule has 3 heterocycles. The van der Waals surface area contributed by atoms with Crippen LogP contribution < -0.4 is 5.32 Å². The molecule has 9 heteroatoms. The van der Waals surface area contributed by atoms with E-state index in [2.05, 4.69) is 15.4 Å². The smallest absolute Gasteiger partial charge is 0.347 e. The first-order valence-corrected chi connectivity index (χ1v) is 8.54. The van der Waals surface area contributed by atoms with E-state index in [1.807, 2.05) is 18.4 Å². The Labute approximate surface area is 151 Å². The van der Waals surface area contributed by atoms with Gasteiger partial charge in [-0.25, -0.2) is 9.67 Å². The van der Waals surface area contributed by atoms with Gasteiger partial charge in [0.05, 0.1) is 29.6 Å². The number of nitrogens with one attached hydrogen (secondary N) is 1. The van der Waals surface area contributed by atoms with E-state index >= 15 is 0 Å². The topological polar surface area (TPSA) is 59.8 Å². The van der Waals surface area contributed by atoms with Gasteiger partial charge in [-0.1, -0.05) is 0 Å². The first-order chi connectivity index (χ1) is 12.3. The zero-order valence-electron chi connectivity index (χ0n) is 14.0. The Balaban J connectivity index is 1.77. The molecule has 136 valence electrons. The number of hydrogen-bond donors (Lipinski definition) is 1. The second kappa shape index (κ2) is 6.91. The summed E-state index contributed by atoms with van der Waals surface area (Å²) in [6.45, 7) is 4.04. The number of alkyl halides is 3. The molecular formula is C17H15F3N4OS. The standard InChI is InChI=1S/C17H15F3N4OS/c1-10-5-6-26-14(10)9-22-16(25)13-8-23-24(11(13)2)15-4-3-12(7-21-15)17(18,19)20/h3-8H,9H2,1-2H3,(H,22,25). The van der Waals surface area contributed by atoms with Gasteiger partial charge in [0.1, 0.15) is 0 Å². The maximum atomic E-state index is 12.6. The minimum atomic E-state index is -4.45. The lowest BCUT2D eigenvalue weighted by Crippen LogP contribution is -2.23. The predicted molar refractivity (Wildman–Crippen MR) is 91.3 cm³/mol. The number of hydrogen-bond acceptors (Lipinski definition) is 4. The quantitative estimate of drug-likeness (QED) is 0.747. The SMILES string of the molecule is Cc1ccsc1CNC(=O)c1cnn(-c2ccc(C(F)(F)F)cn2)c1C. The molecule has 0 aliphatic rings. The van der Waals surface area contributed by atoms with Crippen molar-refractivity contribution in [3.63, 3.8) is 0 Å². The van der Waals surface area contributed by atoms with E-state index in [1.54, 1.807) is 18.3 Å². The van der Waals surface area contributed by atoms with Crippen molar-refractivity contribution in [2.24, 2.45) is 0 Å². The van der Waals surface area contributed by atoms with Gasteiger partial charge in [0.15, 0.2) is 5.82 Å². The highest BCUT2D eigenvalue weighted by atomic mass is 32.1. The van der Waals surface area contributed by atoms with Gasteiger partial charge in [0.2, 0.25) is 0 Å². The molecule has 3 aromatic heterocycles. The molecule has 0 fully saturated rings. The van der Waals surface area contributed by atoms with Crippen molar-refractivity contribution in [3.8, 4) is 5.82 Å². The van der Waals surface area contributed by atoms with Crippen molar-refractivity contribution in [1.82, 2.24) is 20.1 Å². The van der Waals surface area contributed by atoms with E-state index in [-0.39, 0.29) is 11.7 Å². The summed E-state index contributed by atoms with van der Waals surface area (Å²) in [5, 5.41) is 8.86. The van der Waals surface area contributed by atoms with Gasteiger partial charge < -0.3 is 5.32 Å². The predicted octanol–water partition coefficient (Wildman–Crippen LogP) is 3.89. The summed E-state index contributed by atoms with van der Waals surface area (Å²) >= 11 is 1.56. The number of carbonyl (C=O) groups excluding carboxylic acids is 1. The Morgan fingerprint density at radius 1 is 1.23 bits per heavy atom. The van der Waals surface area contributed by atoms with Crippen LogP contribution in [-0.2, 0) is 12.7 Å². The number of rotatable bonds is 4. The lowest BCUT2D eigenvalue weighted by atomic mass is 10.2. The van der Waals surface area contributed by atoms with E-state index in [0.717, 1.165) is 22.7 Å². The van der Waals surface area contributed by atoms with Crippen molar-refractivity contribution >= 4 is 17.2 Å². The number of aromatic nitrogens is 3. The highest BCUT2D eigenvalue weighted by molar-refractivity contribution is 7.10. The van der Waals surface area contributed by atoms with Crippen LogP contribution >= 0.6 is 11.3 Å². The number of carbonyl (C=O) groups is 1. The normalized spacial score (nSPS) is 11.6. The summed E-state index contributed by atoms with van der Waals surface area (Å²) in [5.74, 6) is -0.0860. The average Bonchev–Trinajstić information content (AvgIpc) is 3.18. The fourth-order valence-electron chi connectivity index (χ4n) is 2.38. The molecule has 5 nitrogen and oxygen atoms in total. The van der Waals surface area contributed by atoms with Crippen molar-refractivity contribution in [2.75, 3.05) is 0 Å². The minimum Gasteiger partial charge on any atom is -0.347 e. The molecule has 3 aromatic rings. The average molecular weight is 380 g/mol. The highest BCUT2D eigenvalue weighted by Crippen LogP contribution is 2.28. The number of nitrogens with zero attached hydrogens (tertiary/aromatic N) is 3. The Bertz CT molecular complexity index is 928. The van der Waals surface area contributed by atoms with E-state index in [1.165, 1.54) is 16.9 Å². The van der Waals surface area contributed by atoms with Crippen LogP contribution in [0.25, 0.3) is 5.82 Å². The van der Waals surface area contributed by atoms with Gasteiger partial charge in [-0.15, -0.1) is 11.3 Å². The summed E-state index contributed by atoms with van der Waals surface area (Å²) in [7, 11) is 0. The highest BCUT2D eigenvalue weighted by Gasteiger charge is 2.30. The Morgan fingerprint density at radius 2 is 2.00 bits per heavy atom. The lowest BCUT2D eigenvalue weighted by Gasteiger charge is -2.08. The molecule has 0 aliphatic heterocycles. The van der Waals surface area contributed by atoms with Crippen LogP contribution in [-0.4, -0.2) is 20.7 Å². The van der Waals surface area contributed by atoms with Crippen molar-refractivity contribution in [2.45, 2.75) is 26.6 Å². The van der Waals surface area contributed by atoms with Crippen LogP contribution in [0.3, 0.4) is 0 Å². The lowest BCUT2D eigenvalue weighted by molar-refractivity contribution is -0.137. The third kappa shape index (κ3) is 3.62. The third-order valence-electron chi connectivity index (χ3n) is 3.92. The second-order valence-electron chi connectivity index (χ2n) is 5.67. The fraction of sp³-hybridized carbons (Fsp3) is 0.235. The maximum absolute atomic E-state index is 12.6. The Hall–Kier alpha value is -2.68. The maximum Gasteiger partial charge on any atom is 0.417 e. The second-order valence-corrected chi connectivity index (χ2v) is 6.67. The monoisotopic (exact) mass is 380 g/mol. The molecule has 0 atom stereocenters. The molecular weight excluding hydrogens is 365 g/mol. The van der Waals surface area contributed by atoms with Crippen LogP contribution in [0.15, 0.2) is 36.0 Å². The summed E-state index contributed by atoms with van der Waals surface area (Å²) in [4.78, 5) is 17.2. The van der Waals surface area contributed by atoms with Gasteiger partial charge in [-0.05, 0) is 43.0 Å². The molecule has 1 amide bonds. The zero-order chi connectivity index (χ0) is 18.9. The number of thiophene rings is 1. The number of aryl methyl sites for hydroxylation is 1. The molecule has 0 saturated heterocycles. The van der Waals surface area contributed by atoms with Gasteiger partial charge >= 0.3 is 6.18 Å². The Kier molecular flexibility index (Phi) is 4.82. The molecule has 0 bridgehead atoms. The van der Waals surface area contributed by atoms with E-state index in [4.69, 9.17) is 0 Å². The molecule has 3 rings (SSSR count). The summed E-state index contributed by atoms with van der Waals surface area (Å²) in [6, 6.07) is 4.13. The van der Waals surface area contributed by atoms with Crippen molar-refractivity contribution < 1.29 is 18.0 Å². The van der Waals surface area contributed by atoms with Gasteiger partial charge in [0.25, 0.3) is 5.91 Å². The molecule has 0 radical (unpaired) electrons. The largest absolute Gasteiger partial charge is 0.417 e. The fourth-order valence-corrected chi connectivity index (χ4v) is 3.23. The van der Waals surface area contributed by atoms with Crippen molar-refractivity contribution in [3.05, 3.63) is 63.2 Å². The molecule has 0 aliphatic carbocycles. The van der Waals surface area contributed by atoms with Crippen LogP contribution in [0.5, 0.6) is 0 Å². The number of amides is 1. The summed E-state index contributed by atoms with van der Waals surface area (Å²) in [5.41, 5.74) is 1.12. The van der Waals surface area contributed by atoms with Gasteiger partial charge in [0, 0.05) is 11.1 Å². The van der Waals surface area contributed by atoms with E-state index in [9.17, 15) is 18.0 Å². The molecule has 0 saturated carbocycles. The summed E-state index contributed by atoms with van der Waals surface area (Å²) < 4.78 is 39.2. The van der Waals surface area contributed by atoms with Gasteiger partial charge in [-0.2, -0.15) is 18.3 Å². The first-order valence-electron chi connectivity index (χ1n) is 7.67. The first kappa shape index (κ1) is 18.1. The van der Waals surface area contributed by atoms with E-state index < -0.39 is 11.7 Å². The third-order valence-corrected chi connectivity index (χ3v) is 4.95. The van der Waals surface area contributed by atoms with Crippen LogP contribution in [0, 0.1) is 13.8 Å². The Morgan fingerprint density at radius 3 is 2.58 bits per heavy atom. The van der Waals surface area contributed by atoms with Crippen molar-refractivity contribution in [1.29, 1.82) is 0 Å². The van der Waals surface area contributed by atoms with Crippen LogP contribution in [0.1, 0.15) is 32.1 Å². The van der Waals surface area contributed by atoms with Gasteiger partial charge in [-0.3, -0.25) is 4.79 Å². The minimum absolute atomic E-state index is 0.212. The molecule has 0 aromatic carbocycles. The molecule has 0 unspecified atom stereocenters. The molecule has 0 spiro atoms. The van der Waals surface area contributed by atoms with Crippen LogP contribution in [0.2, 0.25) is 0 Å². The zero-order valence-corrected chi connectivity index (χ0v) is 14.8. The van der Waals surface area contributed by atoms with Crippen LogP contribution in [0.4, 0.5) is 13.2 Å². The number of halogens is 3. The molecule has 1 N–H and O–H groups in total.